The molecule has 1 N–H and O–H groups in total. The van der Waals surface area contributed by atoms with E-state index in [2.05, 4.69) is 35.6 Å². The Morgan fingerprint density at radius 2 is 1.59 bits per heavy atom. The highest BCUT2D eigenvalue weighted by molar-refractivity contribution is 7.89. The number of aryl methyl sites for hydroxylation is 2. The zero-order valence-electron chi connectivity index (χ0n) is 24.4. The number of sulfonamides is 1. The SMILES string of the molecule is CCN(CC)CCCS(=O)(=O)N[C@H](CCc1ccccc1)c1nc(CC(Cc2ccco2)Cc2ccco2)n(C)n1. The van der Waals surface area contributed by atoms with Gasteiger partial charge in [-0.25, -0.2) is 18.1 Å². The minimum absolute atomic E-state index is 0.0688. The van der Waals surface area contributed by atoms with E-state index in [-0.39, 0.29) is 11.7 Å². The van der Waals surface area contributed by atoms with Crippen LogP contribution in [0.4, 0.5) is 0 Å². The Balaban J connectivity index is 1.51. The van der Waals surface area contributed by atoms with Gasteiger partial charge >= 0.3 is 0 Å². The van der Waals surface area contributed by atoms with Gasteiger partial charge in [-0.15, -0.1) is 0 Å². The smallest absolute Gasteiger partial charge is 0.212 e. The zero-order valence-corrected chi connectivity index (χ0v) is 25.2. The summed E-state index contributed by atoms with van der Waals surface area (Å²) in [6.07, 6.45) is 7.32. The highest BCUT2D eigenvalue weighted by atomic mass is 32.2. The van der Waals surface area contributed by atoms with E-state index in [1.165, 1.54) is 0 Å². The summed E-state index contributed by atoms with van der Waals surface area (Å²) in [6.45, 7) is 6.75. The van der Waals surface area contributed by atoms with Gasteiger partial charge in [0.15, 0.2) is 5.82 Å². The van der Waals surface area contributed by atoms with Crippen molar-refractivity contribution >= 4 is 10.0 Å². The molecule has 3 heterocycles. The quantitative estimate of drug-likeness (QED) is 0.177. The highest BCUT2D eigenvalue weighted by Gasteiger charge is 2.25. The van der Waals surface area contributed by atoms with Crippen LogP contribution in [0.3, 0.4) is 0 Å². The van der Waals surface area contributed by atoms with Gasteiger partial charge in [0.1, 0.15) is 17.3 Å². The summed E-state index contributed by atoms with van der Waals surface area (Å²) in [5.74, 6) is 3.35. The lowest BCUT2D eigenvalue weighted by atomic mass is 9.94. The molecule has 0 radical (unpaired) electrons. The molecule has 0 saturated heterocycles. The molecule has 0 saturated carbocycles. The van der Waals surface area contributed by atoms with Gasteiger partial charge in [-0.05, 0) is 74.6 Å². The highest BCUT2D eigenvalue weighted by Crippen LogP contribution is 2.23. The lowest BCUT2D eigenvalue weighted by Gasteiger charge is -2.19. The maximum atomic E-state index is 13.2. The van der Waals surface area contributed by atoms with Crippen molar-refractivity contribution in [3.63, 3.8) is 0 Å². The number of hydrogen-bond donors (Lipinski definition) is 1. The Morgan fingerprint density at radius 3 is 2.17 bits per heavy atom. The van der Waals surface area contributed by atoms with Crippen LogP contribution in [-0.2, 0) is 42.8 Å². The summed E-state index contributed by atoms with van der Waals surface area (Å²) in [7, 11) is -1.66. The maximum absolute atomic E-state index is 13.2. The van der Waals surface area contributed by atoms with E-state index < -0.39 is 16.1 Å². The third-order valence-electron chi connectivity index (χ3n) is 7.46. The Labute approximate surface area is 244 Å². The Hall–Kier alpha value is -3.21. The van der Waals surface area contributed by atoms with Crippen LogP contribution in [0, 0.1) is 5.92 Å². The molecule has 1 atom stereocenters. The number of furan rings is 2. The fourth-order valence-electron chi connectivity index (χ4n) is 5.16. The second kappa shape index (κ2) is 15.1. The van der Waals surface area contributed by atoms with E-state index in [9.17, 15) is 8.42 Å². The Bertz CT molecular complexity index is 1350. The van der Waals surface area contributed by atoms with Crippen molar-refractivity contribution in [2.75, 3.05) is 25.4 Å². The van der Waals surface area contributed by atoms with Crippen molar-refractivity contribution in [1.82, 2.24) is 24.4 Å². The molecule has 4 rings (SSSR count). The van der Waals surface area contributed by atoms with Crippen LogP contribution in [0.5, 0.6) is 0 Å². The monoisotopic (exact) mass is 581 g/mol. The van der Waals surface area contributed by atoms with Crippen molar-refractivity contribution in [1.29, 1.82) is 0 Å². The van der Waals surface area contributed by atoms with E-state index in [0.717, 1.165) is 55.4 Å². The molecule has 0 unspecified atom stereocenters. The molecule has 0 bridgehead atoms. The second-order valence-electron chi connectivity index (χ2n) is 10.5. The predicted octanol–water partition coefficient (Wildman–Crippen LogP) is 4.97. The molecule has 4 aromatic rings. The molecule has 10 heteroatoms. The first kappa shape index (κ1) is 30.7. The van der Waals surface area contributed by atoms with E-state index in [4.69, 9.17) is 18.9 Å². The van der Waals surface area contributed by atoms with Crippen LogP contribution >= 0.6 is 0 Å². The van der Waals surface area contributed by atoms with Gasteiger partial charge in [0.25, 0.3) is 0 Å². The van der Waals surface area contributed by atoms with Gasteiger partial charge in [0.2, 0.25) is 10.0 Å². The number of nitrogens with zero attached hydrogens (tertiary/aromatic N) is 4. The predicted molar refractivity (Wildman–Crippen MR) is 160 cm³/mol. The summed E-state index contributed by atoms with van der Waals surface area (Å²) in [5, 5.41) is 4.71. The maximum Gasteiger partial charge on any atom is 0.212 e. The lowest BCUT2D eigenvalue weighted by Crippen LogP contribution is -2.33. The van der Waals surface area contributed by atoms with Crippen molar-refractivity contribution in [3.8, 4) is 0 Å². The zero-order chi connectivity index (χ0) is 29.1. The standard InChI is InChI=1S/C31H43N5O4S/c1-4-36(5-2)18-11-21-41(37,38)34-29(17-16-25-12-7-6-8-13-25)31-32-30(35(3)33-31)24-26(22-27-14-9-19-39-27)23-28-15-10-20-40-28/h6-10,12-15,19-20,26,29,34H,4-5,11,16-18,21-24H2,1-3H3/t29-/m1/s1. The lowest BCUT2D eigenvalue weighted by molar-refractivity contribution is 0.304. The Morgan fingerprint density at radius 1 is 0.927 bits per heavy atom. The molecule has 0 aliphatic heterocycles. The molecular formula is C31H43N5O4S. The van der Waals surface area contributed by atoms with Crippen LogP contribution in [-0.4, -0.2) is 53.5 Å². The van der Waals surface area contributed by atoms with Gasteiger partial charge in [0, 0.05) is 26.3 Å². The second-order valence-corrected chi connectivity index (χ2v) is 12.4. The van der Waals surface area contributed by atoms with Crippen LogP contribution in [0.1, 0.15) is 61.5 Å². The van der Waals surface area contributed by atoms with E-state index in [1.807, 2.05) is 49.5 Å². The van der Waals surface area contributed by atoms with E-state index in [1.54, 1.807) is 17.2 Å². The number of hydrogen-bond acceptors (Lipinski definition) is 7. The molecule has 0 aliphatic rings. The molecule has 0 aliphatic carbocycles. The topological polar surface area (TPSA) is 106 Å². The fourth-order valence-corrected chi connectivity index (χ4v) is 6.44. The summed E-state index contributed by atoms with van der Waals surface area (Å²) in [4.78, 5) is 7.13. The van der Waals surface area contributed by atoms with Crippen molar-refractivity contribution < 1.29 is 17.3 Å². The number of rotatable bonds is 18. The largest absolute Gasteiger partial charge is 0.469 e. The molecule has 9 nitrogen and oxygen atoms in total. The van der Waals surface area contributed by atoms with E-state index >= 15 is 0 Å². The van der Waals surface area contributed by atoms with Gasteiger partial charge in [-0.2, -0.15) is 5.10 Å². The molecule has 41 heavy (non-hydrogen) atoms. The minimum Gasteiger partial charge on any atom is -0.469 e. The number of nitrogens with one attached hydrogen (secondary N) is 1. The van der Waals surface area contributed by atoms with E-state index in [0.29, 0.717) is 31.5 Å². The van der Waals surface area contributed by atoms with Crippen LogP contribution in [0.2, 0.25) is 0 Å². The first-order chi connectivity index (χ1) is 19.8. The molecule has 222 valence electrons. The van der Waals surface area contributed by atoms with Gasteiger partial charge in [0.05, 0.1) is 24.3 Å². The number of benzene rings is 1. The fraction of sp³-hybridized carbons (Fsp3) is 0.484. The molecule has 0 amide bonds. The average molecular weight is 582 g/mol. The summed E-state index contributed by atoms with van der Waals surface area (Å²) in [6, 6.07) is 17.3. The first-order valence-electron chi connectivity index (χ1n) is 14.6. The van der Waals surface area contributed by atoms with Crippen LogP contribution in [0.15, 0.2) is 76.0 Å². The van der Waals surface area contributed by atoms with Gasteiger partial charge in [-0.3, -0.25) is 4.68 Å². The van der Waals surface area contributed by atoms with Crippen LogP contribution in [0.25, 0.3) is 0 Å². The minimum atomic E-state index is -3.53. The van der Waals surface area contributed by atoms with Crippen molar-refractivity contribution in [2.24, 2.45) is 13.0 Å². The first-order valence-corrected chi connectivity index (χ1v) is 16.2. The molecule has 3 aromatic heterocycles. The van der Waals surface area contributed by atoms with Crippen molar-refractivity contribution in [2.45, 2.75) is 58.4 Å². The van der Waals surface area contributed by atoms with Gasteiger partial charge in [-0.1, -0.05) is 44.2 Å². The van der Waals surface area contributed by atoms with Crippen LogP contribution < -0.4 is 4.72 Å². The molecular weight excluding hydrogens is 538 g/mol. The molecule has 0 spiro atoms. The van der Waals surface area contributed by atoms with Crippen molar-refractivity contribution in [3.05, 3.63) is 95.9 Å². The third-order valence-corrected chi connectivity index (χ3v) is 8.93. The number of aromatic nitrogens is 3. The van der Waals surface area contributed by atoms with Gasteiger partial charge < -0.3 is 13.7 Å². The summed E-state index contributed by atoms with van der Waals surface area (Å²) < 4.78 is 42.4. The normalized spacial score (nSPS) is 12.9. The average Bonchev–Trinajstić information content (AvgIpc) is 3.74. The third kappa shape index (κ3) is 9.69. The summed E-state index contributed by atoms with van der Waals surface area (Å²) >= 11 is 0. The molecule has 1 aromatic carbocycles. The Kier molecular flexibility index (Phi) is 11.4. The summed E-state index contributed by atoms with van der Waals surface area (Å²) in [5.41, 5.74) is 1.14. The molecule has 0 fully saturated rings.